The maximum atomic E-state index is 12.3. The van der Waals surface area contributed by atoms with E-state index in [-0.39, 0.29) is 17.2 Å². The Labute approximate surface area is 135 Å². The lowest BCUT2D eigenvalue weighted by Gasteiger charge is -2.20. The maximum Gasteiger partial charge on any atom is 0.329 e. The lowest BCUT2D eigenvalue weighted by molar-refractivity contribution is -0.632. The number of carbonyl (C=O) groups excluding carboxylic acids is 2. The van der Waals surface area contributed by atoms with Crippen LogP contribution in [-0.2, 0) is 20.8 Å². The minimum atomic E-state index is -1.58. The fraction of sp³-hybridized carbons (Fsp3) is 0.308. The number of hydrazine groups is 1. The molecule has 0 aliphatic rings. The smallest absolute Gasteiger partial charge is 0.329 e. The van der Waals surface area contributed by atoms with E-state index in [1.54, 1.807) is 0 Å². The van der Waals surface area contributed by atoms with E-state index in [0.29, 0.717) is 5.56 Å². The first kappa shape index (κ1) is 18.8. The summed E-state index contributed by atoms with van der Waals surface area (Å²) in [6, 6.07) is 4.21. The zero-order valence-electron chi connectivity index (χ0n) is 12.4. The molecule has 1 atom stereocenters. The molecule has 11 heteroatoms. The van der Waals surface area contributed by atoms with Crippen LogP contribution in [0.25, 0.3) is 0 Å². The highest BCUT2D eigenvalue weighted by Gasteiger charge is 2.34. The van der Waals surface area contributed by atoms with E-state index in [1.807, 2.05) is 0 Å². The van der Waals surface area contributed by atoms with Gasteiger partial charge in [-0.2, -0.15) is 0 Å². The number of nitrogens with one attached hydrogen (secondary N) is 1. The largest absolute Gasteiger partial charge is 0.508 e. The second-order valence-electron chi connectivity index (χ2n) is 4.72. The first-order valence-corrected chi connectivity index (χ1v) is 6.69. The number of carboxylic acid groups (broad SMARTS) is 1. The number of phenols is 1. The summed E-state index contributed by atoms with van der Waals surface area (Å²) in [5.74, 6) is -3.53. The summed E-state index contributed by atoms with van der Waals surface area (Å²) < 4.78 is 0. The van der Waals surface area contributed by atoms with Crippen LogP contribution in [0.2, 0.25) is 0 Å². The average molecular weight is 340 g/mol. The topological polar surface area (TPSA) is 176 Å². The highest BCUT2D eigenvalue weighted by Crippen LogP contribution is 2.12. The molecule has 2 amide bonds. The van der Waals surface area contributed by atoms with Crippen LogP contribution >= 0.6 is 0 Å². The van der Waals surface area contributed by atoms with Gasteiger partial charge in [0.05, 0.1) is 6.54 Å². The number of hydrogen-bond acceptors (Lipinski definition) is 7. The molecule has 0 fully saturated rings. The number of aromatic hydroxyl groups is 1. The van der Waals surface area contributed by atoms with Crippen molar-refractivity contribution in [2.24, 2.45) is 5.73 Å². The number of benzene rings is 1. The molecule has 1 rings (SSSR count). The number of carbonyl (C=O) groups is 3. The van der Waals surface area contributed by atoms with Crippen LogP contribution in [0.1, 0.15) is 5.56 Å². The number of rotatable bonds is 8. The Morgan fingerprint density at radius 2 is 1.88 bits per heavy atom. The van der Waals surface area contributed by atoms with Crippen LogP contribution in [0.5, 0.6) is 5.75 Å². The standard InChI is InChI=1S/C13H16N4O7/c14-6-11(19)15-10(5-8-1-3-9(18)4-2-8)13(22)16(17(23)24)7-12(20)21/h1-4,10,18H,5-7,14H2,(H,15,19)(H,20,21)/t10-/m0/s1. The predicted octanol–water partition coefficient (Wildman–Crippen LogP) is -1.52. The van der Waals surface area contributed by atoms with Gasteiger partial charge in [-0.05, 0) is 22.7 Å². The normalized spacial score (nSPS) is 11.4. The van der Waals surface area contributed by atoms with Crippen LogP contribution in [0, 0.1) is 10.1 Å². The van der Waals surface area contributed by atoms with Gasteiger partial charge in [0.2, 0.25) is 5.91 Å². The summed E-state index contributed by atoms with van der Waals surface area (Å²) in [4.78, 5) is 45.3. The van der Waals surface area contributed by atoms with Crippen molar-refractivity contribution < 1.29 is 29.6 Å². The van der Waals surface area contributed by atoms with Gasteiger partial charge >= 0.3 is 11.9 Å². The Kier molecular flexibility index (Phi) is 6.62. The quantitative estimate of drug-likeness (QED) is 0.326. The summed E-state index contributed by atoms with van der Waals surface area (Å²) in [5.41, 5.74) is 5.64. The van der Waals surface area contributed by atoms with Gasteiger partial charge in [-0.25, -0.2) is 10.1 Å². The van der Waals surface area contributed by atoms with Gasteiger partial charge in [-0.15, -0.1) is 0 Å². The number of amides is 2. The first-order chi connectivity index (χ1) is 11.2. The highest BCUT2D eigenvalue weighted by molar-refractivity contribution is 5.89. The van der Waals surface area contributed by atoms with Crippen molar-refractivity contribution in [1.29, 1.82) is 0 Å². The molecule has 0 heterocycles. The highest BCUT2D eigenvalue weighted by atomic mass is 16.7. The van der Waals surface area contributed by atoms with Crippen molar-refractivity contribution in [3.05, 3.63) is 39.9 Å². The monoisotopic (exact) mass is 340 g/mol. The van der Waals surface area contributed by atoms with Gasteiger partial charge in [-0.3, -0.25) is 14.4 Å². The van der Waals surface area contributed by atoms with Crippen molar-refractivity contribution >= 4 is 17.8 Å². The molecule has 11 nitrogen and oxygen atoms in total. The number of nitrogens with zero attached hydrogens (tertiary/aromatic N) is 2. The van der Waals surface area contributed by atoms with Gasteiger partial charge in [0, 0.05) is 6.42 Å². The van der Waals surface area contributed by atoms with Crippen molar-refractivity contribution in [2.45, 2.75) is 12.5 Å². The summed E-state index contributed by atoms with van der Waals surface area (Å²) >= 11 is 0. The lowest BCUT2D eigenvalue weighted by atomic mass is 10.0. The fourth-order valence-electron chi connectivity index (χ4n) is 1.85. The molecule has 0 aliphatic carbocycles. The summed E-state index contributed by atoms with van der Waals surface area (Å²) in [6.07, 6.45) is -0.144. The van der Waals surface area contributed by atoms with Crippen molar-refractivity contribution in [3.8, 4) is 5.75 Å². The SMILES string of the molecule is NCC(=O)N[C@@H](Cc1ccc(O)cc1)C(=O)N(CC(=O)O)[N+](=O)[O-]. The summed E-state index contributed by atoms with van der Waals surface area (Å²) in [5, 5.41) is 29.8. The van der Waals surface area contributed by atoms with Crippen LogP contribution in [0.3, 0.4) is 0 Å². The minimum absolute atomic E-state index is 0.0228. The molecule has 130 valence electrons. The number of nitrogens with two attached hydrogens (primary N) is 1. The van der Waals surface area contributed by atoms with Crippen molar-refractivity contribution in [3.63, 3.8) is 0 Å². The molecule has 0 bridgehead atoms. The number of carboxylic acids is 1. The molecule has 24 heavy (non-hydrogen) atoms. The van der Waals surface area contributed by atoms with E-state index in [4.69, 9.17) is 10.8 Å². The third kappa shape index (κ3) is 5.53. The molecule has 0 radical (unpaired) electrons. The molecule has 0 aromatic heterocycles. The summed E-state index contributed by atoms with van der Waals surface area (Å²) in [7, 11) is 0. The third-order valence-electron chi connectivity index (χ3n) is 2.93. The fourth-order valence-corrected chi connectivity index (χ4v) is 1.85. The summed E-state index contributed by atoms with van der Waals surface area (Å²) in [6.45, 7) is -1.60. The number of nitro groups is 1. The van der Waals surface area contributed by atoms with Gasteiger partial charge < -0.3 is 21.3 Å². The van der Waals surface area contributed by atoms with E-state index >= 15 is 0 Å². The Bertz CT molecular complexity index is 632. The average Bonchev–Trinajstić information content (AvgIpc) is 2.52. The Morgan fingerprint density at radius 1 is 1.29 bits per heavy atom. The van der Waals surface area contributed by atoms with Crippen LogP contribution in [-0.4, -0.2) is 57.2 Å². The molecule has 5 N–H and O–H groups in total. The zero-order valence-corrected chi connectivity index (χ0v) is 12.4. The number of phenolic OH excluding ortho intramolecular Hbond substituents is 1. The molecule has 0 spiro atoms. The molecule has 0 saturated heterocycles. The van der Waals surface area contributed by atoms with E-state index in [9.17, 15) is 29.6 Å². The van der Waals surface area contributed by atoms with Gasteiger partial charge in [0.1, 0.15) is 11.8 Å². The van der Waals surface area contributed by atoms with Crippen LogP contribution < -0.4 is 11.1 Å². The maximum absolute atomic E-state index is 12.3. The number of hydrogen-bond donors (Lipinski definition) is 4. The van der Waals surface area contributed by atoms with Crippen LogP contribution in [0.15, 0.2) is 24.3 Å². The second kappa shape index (κ2) is 8.43. The first-order valence-electron chi connectivity index (χ1n) is 6.69. The van der Waals surface area contributed by atoms with E-state index in [1.165, 1.54) is 24.3 Å². The van der Waals surface area contributed by atoms with E-state index < -0.39 is 41.9 Å². The van der Waals surface area contributed by atoms with Gasteiger partial charge in [0.15, 0.2) is 11.6 Å². The predicted molar refractivity (Wildman–Crippen MR) is 79.1 cm³/mol. The van der Waals surface area contributed by atoms with Gasteiger partial charge in [0.25, 0.3) is 0 Å². The molecule has 0 saturated carbocycles. The number of aliphatic carboxylic acids is 1. The molecular formula is C13H16N4O7. The van der Waals surface area contributed by atoms with Crippen molar-refractivity contribution in [1.82, 2.24) is 10.3 Å². The van der Waals surface area contributed by atoms with Gasteiger partial charge in [-0.1, -0.05) is 12.1 Å². The van der Waals surface area contributed by atoms with E-state index in [0.717, 1.165) is 0 Å². The molecule has 1 aromatic rings. The minimum Gasteiger partial charge on any atom is -0.508 e. The molecule has 0 aliphatic heterocycles. The second-order valence-corrected chi connectivity index (χ2v) is 4.72. The Hall–Kier alpha value is -3.21. The molecular weight excluding hydrogens is 324 g/mol. The molecule has 1 aromatic carbocycles. The van der Waals surface area contributed by atoms with Crippen LogP contribution in [0.4, 0.5) is 0 Å². The third-order valence-corrected chi connectivity index (χ3v) is 2.93. The zero-order chi connectivity index (χ0) is 18.3. The van der Waals surface area contributed by atoms with Crippen molar-refractivity contribution in [2.75, 3.05) is 13.1 Å². The Balaban J connectivity index is 3.03. The lowest BCUT2D eigenvalue weighted by Crippen LogP contribution is -2.53. The molecule has 0 unspecified atom stereocenters. The van der Waals surface area contributed by atoms with E-state index in [2.05, 4.69) is 5.32 Å². The Morgan fingerprint density at radius 3 is 2.33 bits per heavy atom.